The molecule has 134 valence electrons. The third kappa shape index (κ3) is 3.72. The van der Waals surface area contributed by atoms with Gasteiger partial charge in [-0.05, 0) is 47.5 Å². The van der Waals surface area contributed by atoms with Crippen LogP contribution in [0.25, 0.3) is 0 Å². The third-order valence-corrected chi connectivity index (χ3v) is 4.98. The first-order valence-electron chi connectivity index (χ1n) is 8.44. The molecule has 2 aromatic carbocycles. The predicted molar refractivity (Wildman–Crippen MR) is 107 cm³/mol. The molecule has 0 fully saturated rings. The number of hydrogen-bond acceptors (Lipinski definition) is 3. The highest BCUT2D eigenvalue weighted by molar-refractivity contribution is 6.31. The molecule has 1 aliphatic heterocycles. The van der Waals surface area contributed by atoms with Crippen molar-refractivity contribution in [3.05, 3.63) is 99.8 Å². The van der Waals surface area contributed by atoms with Crippen molar-refractivity contribution in [1.82, 2.24) is 9.99 Å². The Hall–Kier alpha value is -2.69. The number of amides is 1. The van der Waals surface area contributed by atoms with Crippen LogP contribution in [0.15, 0.2) is 78.2 Å². The van der Waals surface area contributed by atoms with E-state index in [1.165, 1.54) is 0 Å². The Kier molecular flexibility index (Phi) is 4.92. The molecular formula is C21H15Cl2N3O. The van der Waals surface area contributed by atoms with Crippen molar-refractivity contribution in [2.45, 2.75) is 12.5 Å². The Bertz CT molecular complexity index is 986. The maximum atomic E-state index is 13.1. The SMILES string of the molecule is O=C(c1ccncc1)N1N=C(c2ccc(Cl)cc2)CC1c1ccc(Cl)cc1. The minimum absolute atomic E-state index is 0.165. The van der Waals surface area contributed by atoms with E-state index in [2.05, 4.69) is 10.1 Å². The number of aromatic nitrogens is 1. The van der Waals surface area contributed by atoms with Gasteiger partial charge in [0.1, 0.15) is 0 Å². The summed E-state index contributed by atoms with van der Waals surface area (Å²) in [6.45, 7) is 0. The van der Waals surface area contributed by atoms with Crippen molar-refractivity contribution in [3.8, 4) is 0 Å². The lowest BCUT2D eigenvalue weighted by Crippen LogP contribution is -2.27. The summed E-state index contributed by atoms with van der Waals surface area (Å²) < 4.78 is 0. The topological polar surface area (TPSA) is 45.6 Å². The van der Waals surface area contributed by atoms with E-state index >= 15 is 0 Å². The summed E-state index contributed by atoms with van der Waals surface area (Å²) in [7, 11) is 0. The second kappa shape index (κ2) is 7.51. The molecule has 0 N–H and O–H groups in total. The molecule has 0 saturated heterocycles. The lowest BCUT2D eigenvalue weighted by Gasteiger charge is -2.22. The van der Waals surface area contributed by atoms with Crippen molar-refractivity contribution in [3.63, 3.8) is 0 Å². The summed E-state index contributed by atoms with van der Waals surface area (Å²) in [4.78, 5) is 17.1. The van der Waals surface area contributed by atoms with E-state index < -0.39 is 0 Å². The fourth-order valence-corrected chi connectivity index (χ4v) is 3.34. The average Bonchev–Trinajstić information content (AvgIpc) is 3.14. The van der Waals surface area contributed by atoms with Crippen molar-refractivity contribution in [2.24, 2.45) is 5.10 Å². The quantitative estimate of drug-likeness (QED) is 0.597. The van der Waals surface area contributed by atoms with E-state index in [0.29, 0.717) is 22.0 Å². The van der Waals surface area contributed by atoms with Crippen LogP contribution in [0, 0.1) is 0 Å². The summed E-state index contributed by atoms with van der Waals surface area (Å²) in [6, 6.07) is 18.2. The van der Waals surface area contributed by atoms with E-state index in [4.69, 9.17) is 23.2 Å². The number of hydrogen-bond donors (Lipinski definition) is 0. The molecule has 2 heterocycles. The highest BCUT2D eigenvalue weighted by Gasteiger charge is 2.33. The minimum atomic E-state index is -0.200. The van der Waals surface area contributed by atoms with E-state index in [-0.39, 0.29) is 11.9 Å². The van der Waals surface area contributed by atoms with Crippen LogP contribution in [-0.4, -0.2) is 21.6 Å². The standard InChI is InChI=1S/C21H15Cl2N3O/c22-17-5-1-14(2-6-17)19-13-20(15-3-7-18(23)8-4-15)26(25-19)21(27)16-9-11-24-12-10-16/h1-12,20H,13H2. The van der Waals surface area contributed by atoms with Crippen molar-refractivity contribution >= 4 is 34.8 Å². The van der Waals surface area contributed by atoms with Gasteiger partial charge in [-0.1, -0.05) is 47.5 Å². The fraction of sp³-hybridized carbons (Fsp3) is 0.0952. The average molecular weight is 396 g/mol. The van der Waals surface area contributed by atoms with Gasteiger partial charge in [0.25, 0.3) is 5.91 Å². The number of carbonyl (C=O) groups excluding carboxylic acids is 1. The third-order valence-electron chi connectivity index (χ3n) is 4.48. The zero-order chi connectivity index (χ0) is 18.8. The minimum Gasteiger partial charge on any atom is -0.267 e. The Morgan fingerprint density at radius 1 is 0.889 bits per heavy atom. The monoisotopic (exact) mass is 395 g/mol. The molecule has 1 aromatic heterocycles. The van der Waals surface area contributed by atoms with Crippen molar-refractivity contribution < 1.29 is 4.79 Å². The molecule has 0 spiro atoms. The summed E-state index contributed by atoms with van der Waals surface area (Å²) in [5, 5.41) is 7.51. The molecule has 1 aliphatic rings. The van der Waals surface area contributed by atoms with Crippen LogP contribution in [-0.2, 0) is 0 Å². The largest absolute Gasteiger partial charge is 0.274 e. The maximum absolute atomic E-state index is 13.1. The van der Waals surface area contributed by atoms with Crippen molar-refractivity contribution in [2.75, 3.05) is 0 Å². The molecule has 4 nitrogen and oxygen atoms in total. The van der Waals surface area contributed by atoms with Crippen molar-refractivity contribution in [1.29, 1.82) is 0 Å². The first-order valence-corrected chi connectivity index (χ1v) is 9.20. The van der Waals surface area contributed by atoms with Gasteiger partial charge in [0.2, 0.25) is 0 Å². The normalized spacial score (nSPS) is 16.3. The second-order valence-electron chi connectivity index (χ2n) is 6.21. The van der Waals surface area contributed by atoms with Gasteiger partial charge in [-0.25, -0.2) is 5.01 Å². The summed E-state index contributed by atoms with van der Waals surface area (Å²) in [5.74, 6) is -0.165. The Morgan fingerprint density at radius 2 is 1.48 bits per heavy atom. The smallest absolute Gasteiger partial charge is 0.267 e. The van der Waals surface area contributed by atoms with Crippen LogP contribution in [0.2, 0.25) is 10.0 Å². The first-order chi connectivity index (χ1) is 13.1. The van der Waals surface area contributed by atoms with E-state index in [1.54, 1.807) is 29.5 Å². The lowest BCUT2D eigenvalue weighted by molar-refractivity contribution is 0.0711. The Labute approximate surface area is 167 Å². The maximum Gasteiger partial charge on any atom is 0.274 e. The number of halogens is 2. The molecule has 6 heteroatoms. The Morgan fingerprint density at radius 3 is 2.11 bits per heavy atom. The molecule has 0 radical (unpaired) electrons. The van der Waals surface area contributed by atoms with E-state index in [0.717, 1.165) is 16.8 Å². The number of nitrogens with zero attached hydrogens (tertiary/aromatic N) is 3. The Balaban J connectivity index is 1.72. The number of benzene rings is 2. The van der Waals surface area contributed by atoms with Crippen LogP contribution >= 0.6 is 23.2 Å². The van der Waals surface area contributed by atoms with Crippen LogP contribution in [0.1, 0.15) is 33.9 Å². The number of carbonyl (C=O) groups is 1. The van der Waals surface area contributed by atoms with Gasteiger partial charge in [0, 0.05) is 34.4 Å². The number of rotatable bonds is 3. The van der Waals surface area contributed by atoms with E-state index in [1.807, 2.05) is 48.5 Å². The first kappa shape index (κ1) is 17.7. The van der Waals surface area contributed by atoms with Crippen LogP contribution in [0.4, 0.5) is 0 Å². The number of hydrazone groups is 1. The highest BCUT2D eigenvalue weighted by Crippen LogP contribution is 2.34. The lowest BCUT2D eigenvalue weighted by atomic mass is 9.98. The second-order valence-corrected chi connectivity index (χ2v) is 7.08. The fourth-order valence-electron chi connectivity index (χ4n) is 3.09. The molecule has 0 saturated carbocycles. The number of pyridine rings is 1. The van der Waals surface area contributed by atoms with Gasteiger partial charge in [0.05, 0.1) is 11.8 Å². The molecule has 4 rings (SSSR count). The summed E-state index contributed by atoms with van der Waals surface area (Å²) in [6.07, 6.45) is 3.81. The van der Waals surface area contributed by atoms with Gasteiger partial charge in [-0.3, -0.25) is 9.78 Å². The molecule has 0 bridgehead atoms. The predicted octanol–water partition coefficient (Wildman–Crippen LogP) is 5.38. The molecule has 27 heavy (non-hydrogen) atoms. The van der Waals surface area contributed by atoms with Crippen LogP contribution < -0.4 is 0 Å². The summed E-state index contributed by atoms with van der Waals surface area (Å²) in [5.41, 5.74) is 3.32. The molecular weight excluding hydrogens is 381 g/mol. The van der Waals surface area contributed by atoms with Gasteiger partial charge in [-0.2, -0.15) is 5.10 Å². The van der Waals surface area contributed by atoms with Crippen LogP contribution in [0.3, 0.4) is 0 Å². The van der Waals surface area contributed by atoms with Gasteiger partial charge in [0.15, 0.2) is 0 Å². The molecule has 1 atom stereocenters. The van der Waals surface area contributed by atoms with Gasteiger partial charge in [-0.15, -0.1) is 0 Å². The van der Waals surface area contributed by atoms with Gasteiger partial charge < -0.3 is 0 Å². The van der Waals surface area contributed by atoms with E-state index in [9.17, 15) is 4.79 Å². The molecule has 0 aliphatic carbocycles. The molecule has 1 amide bonds. The van der Waals surface area contributed by atoms with Crippen LogP contribution in [0.5, 0.6) is 0 Å². The highest BCUT2D eigenvalue weighted by atomic mass is 35.5. The summed E-state index contributed by atoms with van der Waals surface area (Å²) >= 11 is 12.0. The zero-order valence-electron chi connectivity index (χ0n) is 14.2. The van der Waals surface area contributed by atoms with Gasteiger partial charge >= 0.3 is 0 Å². The molecule has 3 aromatic rings. The zero-order valence-corrected chi connectivity index (χ0v) is 15.7. The molecule has 1 unspecified atom stereocenters.